The molecule has 0 amide bonds. The Morgan fingerprint density at radius 1 is 1.61 bits per heavy atom. The number of nitriles is 1. The molecule has 0 aliphatic rings. The van der Waals surface area contributed by atoms with Gasteiger partial charge in [-0.25, -0.2) is 14.3 Å². The van der Waals surface area contributed by atoms with Crippen molar-refractivity contribution in [3.63, 3.8) is 0 Å². The molecule has 92 valence electrons. The van der Waals surface area contributed by atoms with Crippen LogP contribution in [0.5, 0.6) is 0 Å². The van der Waals surface area contributed by atoms with Crippen LogP contribution in [0.15, 0.2) is 31.5 Å². The van der Waals surface area contributed by atoms with E-state index in [4.69, 9.17) is 5.26 Å². The Kier molecular flexibility index (Phi) is 3.54. The Hall–Kier alpha value is -1.59. The summed E-state index contributed by atoms with van der Waals surface area (Å²) in [5.74, 6) is -0.547. The molecule has 0 unspecified atom stereocenters. The molecule has 0 atom stereocenters. The van der Waals surface area contributed by atoms with Crippen molar-refractivity contribution in [1.29, 1.82) is 5.26 Å². The Bertz CT molecular complexity index is 703. The third-order valence-electron chi connectivity index (χ3n) is 2.21. The summed E-state index contributed by atoms with van der Waals surface area (Å²) in [5.41, 5.74) is -0.154. The van der Waals surface area contributed by atoms with Gasteiger partial charge in [0.05, 0.1) is 14.9 Å². The second-order valence-electron chi connectivity index (χ2n) is 3.32. The van der Waals surface area contributed by atoms with E-state index in [1.165, 1.54) is 23.7 Å². The molecule has 0 aliphatic heterocycles. The zero-order valence-electron chi connectivity index (χ0n) is 9.07. The van der Waals surface area contributed by atoms with Gasteiger partial charge in [0, 0.05) is 7.05 Å². The van der Waals surface area contributed by atoms with Crippen molar-refractivity contribution in [1.82, 2.24) is 14.8 Å². The highest BCUT2D eigenvalue weighted by Gasteiger charge is 2.14. The van der Waals surface area contributed by atoms with Crippen molar-refractivity contribution in [2.24, 2.45) is 7.05 Å². The van der Waals surface area contributed by atoms with E-state index in [2.05, 4.69) is 26.1 Å². The molecule has 0 fully saturated rings. The molecule has 1 heterocycles. The number of nitrogens with one attached hydrogen (secondary N) is 1. The maximum Gasteiger partial charge on any atom is 0.343 e. The summed E-state index contributed by atoms with van der Waals surface area (Å²) in [4.78, 5) is 11.4. The summed E-state index contributed by atoms with van der Waals surface area (Å²) in [6.07, 6.45) is 0. The summed E-state index contributed by atoms with van der Waals surface area (Å²) >= 11 is 4.02. The third-order valence-corrected chi connectivity index (χ3v) is 4.07. The summed E-state index contributed by atoms with van der Waals surface area (Å²) in [6.45, 7) is 0. The van der Waals surface area contributed by atoms with Gasteiger partial charge < -0.3 is 0 Å². The fraction of sp³-hybridized carbons (Fsp3) is 0.100. The topological polar surface area (TPSA) is 74.5 Å². The van der Waals surface area contributed by atoms with Crippen molar-refractivity contribution in [2.75, 3.05) is 0 Å². The van der Waals surface area contributed by atoms with Crippen LogP contribution in [0.1, 0.15) is 5.56 Å². The smallest absolute Gasteiger partial charge is 0.273 e. The van der Waals surface area contributed by atoms with Crippen molar-refractivity contribution in [3.05, 3.63) is 38.5 Å². The molecule has 2 rings (SSSR count). The molecule has 5 nitrogen and oxygen atoms in total. The van der Waals surface area contributed by atoms with Crippen LogP contribution in [-0.2, 0) is 7.05 Å². The van der Waals surface area contributed by atoms with Gasteiger partial charge >= 0.3 is 5.69 Å². The third kappa shape index (κ3) is 2.19. The first-order valence-electron chi connectivity index (χ1n) is 4.72. The first-order valence-corrected chi connectivity index (χ1v) is 6.33. The molecule has 0 saturated heterocycles. The Labute approximate surface area is 114 Å². The van der Waals surface area contributed by atoms with E-state index >= 15 is 0 Å². The van der Waals surface area contributed by atoms with Gasteiger partial charge in [-0.05, 0) is 39.8 Å². The molecule has 2 aromatic rings. The predicted molar refractivity (Wildman–Crippen MR) is 66.8 cm³/mol. The molecule has 0 radical (unpaired) electrons. The quantitative estimate of drug-likeness (QED) is 0.915. The van der Waals surface area contributed by atoms with Crippen molar-refractivity contribution in [2.45, 2.75) is 10.1 Å². The van der Waals surface area contributed by atoms with Crippen LogP contribution in [-0.4, -0.2) is 14.8 Å². The lowest BCUT2D eigenvalue weighted by atomic mass is 10.2. The Balaban J connectivity index is 2.42. The predicted octanol–water partition coefficient (Wildman–Crippen LogP) is 2.03. The van der Waals surface area contributed by atoms with E-state index in [-0.39, 0.29) is 20.6 Å². The normalized spacial score (nSPS) is 10.3. The SMILES string of the molecule is Cn1c(Sc2ccc(C#N)c(Br)c2F)n[nH]c1=O. The van der Waals surface area contributed by atoms with Gasteiger partial charge in [-0.2, -0.15) is 5.26 Å². The van der Waals surface area contributed by atoms with Gasteiger partial charge in [-0.1, -0.05) is 0 Å². The Morgan fingerprint density at radius 3 is 2.89 bits per heavy atom. The standard InChI is InChI=1S/C10H6BrFN4OS/c1-16-9(17)14-15-10(16)18-6-3-2-5(4-13)7(11)8(6)12/h2-3H,1H3,(H,14,17). The second-order valence-corrected chi connectivity index (χ2v) is 5.13. The number of aromatic amines is 1. The van der Waals surface area contributed by atoms with E-state index in [0.717, 1.165) is 11.8 Å². The number of hydrogen-bond donors (Lipinski definition) is 1. The van der Waals surface area contributed by atoms with Gasteiger partial charge in [0.15, 0.2) is 11.0 Å². The van der Waals surface area contributed by atoms with Gasteiger partial charge in [0.1, 0.15) is 6.07 Å². The highest BCUT2D eigenvalue weighted by atomic mass is 79.9. The van der Waals surface area contributed by atoms with Crippen LogP contribution >= 0.6 is 27.7 Å². The van der Waals surface area contributed by atoms with Crippen LogP contribution in [0.25, 0.3) is 0 Å². The van der Waals surface area contributed by atoms with E-state index in [1.807, 2.05) is 6.07 Å². The molecule has 0 bridgehead atoms. The lowest BCUT2D eigenvalue weighted by Gasteiger charge is -2.04. The van der Waals surface area contributed by atoms with Crippen LogP contribution < -0.4 is 5.69 Å². The van der Waals surface area contributed by atoms with E-state index in [0.29, 0.717) is 5.16 Å². The van der Waals surface area contributed by atoms with Crippen LogP contribution in [0.3, 0.4) is 0 Å². The zero-order valence-corrected chi connectivity index (χ0v) is 11.5. The van der Waals surface area contributed by atoms with Gasteiger partial charge in [-0.15, -0.1) is 5.10 Å². The maximum atomic E-state index is 13.9. The molecule has 0 aliphatic carbocycles. The maximum absolute atomic E-state index is 13.9. The summed E-state index contributed by atoms with van der Waals surface area (Å²) in [7, 11) is 1.53. The molecule has 1 aromatic heterocycles. The average Bonchev–Trinajstić information content (AvgIpc) is 2.67. The fourth-order valence-corrected chi connectivity index (χ4v) is 2.62. The fourth-order valence-electron chi connectivity index (χ4n) is 1.22. The average molecular weight is 329 g/mol. The Morgan fingerprint density at radius 2 is 2.33 bits per heavy atom. The van der Waals surface area contributed by atoms with E-state index in [9.17, 15) is 9.18 Å². The number of H-pyrrole nitrogens is 1. The number of benzene rings is 1. The van der Waals surface area contributed by atoms with Gasteiger partial charge in [-0.3, -0.25) is 4.57 Å². The van der Waals surface area contributed by atoms with Gasteiger partial charge in [0.2, 0.25) is 0 Å². The first-order chi connectivity index (χ1) is 8.54. The molecular weight excluding hydrogens is 323 g/mol. The minimum Gasteiger partial charge on any atom is -0.273 e. The van der Waals surface area contributed by atoms with Crippen molar-refractivity contribution < 1.29 is 4.39 Å². The number of aromatic nitrogens is 3. The first kappa shape index (κ1) is 12.9. The molecule has 0 saturated carbocycles. The molecule has 18 heavy (non-hydrogen) atoms. The zero-order chi connectivity index (χ0) is 13.3. The summed E-state index contributed by atoms with van der Waals surface area (Å²) < 4.78 is 15.3. The minimum atomic E-state index is -0.547. The summed E-state index contributed by atoms with van der Waals surface area (Å²) in [5, 5.41) is 15.1. The van der Waals surface area contributed by atoms with Gasteiger partial charge in [0.25, 0.3) is 0 Å². The van der Waals surface area contributed by atoms with Crippen molar-refractivity contribution >= 4 is 27.7 Å². The summed E-state index contributed by atoms with van der Waals surface area (Å²) in [6, 6.07) is 4.84. The van der Waals surface area contributed by atoms with Crippen LogP contribution in [0.2, 0.25) is 0 Å². The highest BCUT2D eigenvalue weighted by molar-refractivity contribution is 9.10. The number of nitrogens with zero attached hydrogens (tertiary/aromatic N) is 3. The molecule has 0 spiro atoms. The molecule has 1 aromatic carbocycles. The number of hydrogen-bond acceptors (Lipinski definition) is 4. The lowest BCUT2D eigenvalue weighted by molar-refractivity contribution is 0.593. The number of rotatable bonds is 2. The minimum absolute atomic E-state index is 0.107. The molecular formula is C10H6BrFN4OS. The van der Waals surface area contributed by atoms with Crippen LogP contribution in [0, 0.1) is 17.1 Å². The van der Waals surface area contributed by atoms with E-state index in [1.54, 1.807) is 0 Å². The van der Waals surface area contributed by atoms with Crippen LogP contribution in [0.4, 0.5) is 4.39 Å². The van der Waals surface area contributed by atoms with E-state index < -0.39 is 5.82 Å². The number of halogens is 2. The second kappa shape index (κ2) is 4.96. The monoisotopic (exact) mass is 328 g/mol. The molecule has 8 heteroatoms. The molecule has 1 N–H and O–H groups in total. The van der Waals surface area contributed by atoms with Crippen molar-refractivity contribution in [3.8, 4) is 6.07 Å². The lowest BCUT2D eigenvalue weighted by Crippen LogP contribution is -2.12. The highest BCUT2D eigenvalue weighted by Crippen LogP contribution is 2.32. The largest absolute Gasteiger partial charge is 0.343 e.